The molecule has 0 aromatic carbocycles. The lowest BCUT2D eigenvalue weighted by Gasteiger charge is -2.37. The first-order valence-electron chi connectivity index (χ1n) is 3.66. The summed E-state index contributed by atoms with van der Waals surface area (Å²) in [5.41, 5.74) is 0.163. The van der Waals surface area contributed by atoms with Crippen LogP contribution in [-0.4, -0.2) is 29.3 Å². The molecule has 0 amide bonds. The van der Waals surface area contributed by atoms with E-state index in [1.165, 1.54) is 12.8 Å². The summed E-state index contributed by atoms with van der Waals surface area (Å²) < 4.78 is 12.1. The molecule has 2 nitrogen and oxygen atoms in total. The molecule has 2 saturated heterocycles. The van der Waals surface area contributed by atoms with Gasteiger partial charge in [0.2, 0.25) is 0 Å². The third-order valence-corrected chi connectivity index (χ3v) is 3.22. The molecule has 58 valence electrons. The summed E-state index contributed by atoms with van der Waals surface area (Å²) in [4.78, 5) is 0. The summed E-state index contributed by atoms with van der Waals surface area (Å²) in [6.07, 6.45) is 2.94. The number of alkyl halides is 1. The molecule has 10 heavy (non-hydrogen) atoms. The minimum Gasteiger partial charge on any atom is -0.375 e. The summed E-state index contributed by atoms with van der Waals surface area (Å²) in [5.74, 6) is 0. The Hall–Kier alpha value is 0.650. The fourth-order valence-corrected chi connectivity index (χ4v) is 2.17. The molecule has 2 aliphatic heterocycles. The molecule has 0 aromatic heterocycles. The molecule has 0 aliphatic carbocycles. The molecular formula is C7H11IO2. The minimum absolute atomic E-state index is 0.163. The van der Waals surface area contributed by atoms with Gasteiger partial charge in [0.1, 0.15) is 5.60 Å². The predicted molar refractivity (Wildman–Crippen MR) is 46.5 cm³/mol. The zero-order valence-electron chi connectivity index (χ0n) is 5.81. The quantitative estimate of drug-likeness (QED) is 0.519. The zero-order chi connectivity index (χ0) is 7.03. The van der Waals surface area contributed by atoms with E-state index in [4.69, 9.17) is 9.47 Å². The van der Waals surface area contributed by atoms with E-state index in [-0.39, 0.29) is 5.60 Å². The normalized spacial score (nSPS) is 36.3. The molecule has 0 saturated carbocycles. The van der Waals surface area contributed by atoms with Crippen molar-refractivity contribution in [3.63, 3.8) is 0 Å². The van der Waals surface area contributed by atoms with E-state index in [2.05, 4.69) is 22.6 Å². The molecule has 0 aromatic rings. The minimum atomic E-state index is 0.163. The van der Waals surface area contributed by atoms with E-state index in [0.717, 1.165) is 17.6 Å². The lowest BCUT2D eigenvalue weighted by molar-refractivity contribution is -0.196. The van der Waals surface area contributed by atoms with Crippen molar-refractivity contribution in [2.75, 3.05) is 17.6 Å². The van der Waals surface area contributed by atoms with Gasteiger partial charge in [0.05, 0.1) is 19.3 Å². The maximum Gasteiger partial charge on any atom is 0.115 e. The molecule has 0 radical (unpaired) electrons. The zero-order valence-corrected chi connectivity index (χ0v) is 7.96. The first-order valence-corrected chi connectivity index (χ1v) is 5.19. The van der Waals surface area contributed by atoms with Gasteiger partial charge in [-0.2, -0.15) is 0 Å². The molecule has 1 unspecified atom stereocenters. The van der Waals surface area contributed by atoms with Crippen LogP contribution >= 0.6 is 22.6 Å². The fraction of sp³-hybridized carbons (Fsp3) is 1.00. The molecule has 3 heteroatoms. The Bertz CT molecular complexity index is 134. The van der Waals surface area contributed by atoms with E-state index >= 15 is 0 Å². The van der Waals surface area contributed by atoms with Gasteiger partial charge in [-0.1, -0.05) is 22.6 Å². The highest BCUT2D eigenvalue weighted by Crippen LogP contribution is 2.36. The molecule has 2 fully saturated rings. The second-order valence-corrected chi connectivity index (χ2v) is 3.99. The van der Waals surface area contributed by atoms with Crippen molar-refractivity contribution in [2.45, 2.75) is 24.5 Å². The fourth-order valence-electron chi connectivity index (χ4n) is 1.55. The first kappa shape index (κ1) is 7.31. The largest absolute Gasteiger partial charge is 0.375 e. The smallest absolute Gasteiger partial charge is 0.115 e. The van der Waals surface area contributed by atoms with Crippen molar-refractivity contribution < 1.29 is 9.47 Å². The Labute approximate surface area is 74.4 Å². The lowest BCUT2D eigenvalue weighted by atomic mass is 9.98. The Morgan fingerprint density at radius 3 is 2.60 bits per heavy atom. The van der Waals surface area contributed by atoms with Gasteiger partial charge in [-0.25, -0.2) is 0 Å². The van der Waals surface area contributed by atoms with E-state index in [0.29, 0.717) is 6.10 Å². The van der Waals surface area contributed by atoms with E-state index in [9.17, 15) is 0 Å². The van der Waals surface area contributed by atoms with Crippen LogP contribution in [0.25, 0.3) is 0 Å². The van der Waals surface area contributed by atoms with Crippen molar-refractivity contribution in [1.82, 2.24) is 0 Å². The van der Waals surface area contributed by atoms with Gasteiger partial charge >= 0.3 is 0 Å². The van der Waals surface area contributed by atoms with Crippen molar-refractivity contribution >= 4 is 22.6 Å². The van der Waals surface area contributed by atoms with Crippen LogP contribution in [0.2, 0.25) is 0 Å². The Balaban J connectivity index is 1.92. The van der Waals surface area contributed by atoms with E-state index in [1.807, 2.05) is 0 Å². The number of hydrogen-bond donors (Lipinski definition) is 0. The average Bonchev–Trinajstić information content (AvgIpc) is 2.29. The van der Waals surface area contributed by atoms with Gasteiger partial charge in [0.25, 0.3) is 0 Å². The molecular weight excluding hydrogens is 243 g/mol. The third-order valence-electron chi connectivity index (χ3n) is 2.24. The standard InChI is InChI=1S/C7H11IO2/c8-3-6-1-2-7(10-6)4-9-5-7/h6H,1-5H2. The van der Waals surface area contributed by atoms with E-state index in [1.54, 1.807) is 0 Å². The van der Waals surface area contributed by atoms with Crippen LogP contribution in [0.4, 0.5) is 0 Å². The topological polar surface area (TPSA) is 18.5 Å². The average molecular weight is 254 g/mol. The highest BCUT2D eigenvalue weighted by atomic mass is 127. The van der Waals surface area contributed by atoms with Crippen molar-refractivity contribution in [2.24, 2.45) is 0 Å². The molecule has 1 spiro atoms. The van der Waals surface area contributed by atoms with Gasteiger partial charge < -0.3 is 9.47 Å². The number of rotatable bonds is 1. The van der Waals surface area contributed by atoms with Gasteiger partial charge in [0.15, 0.2) is 0 Å². The van der Waals surface area contributed by atoms with Crippen LogP contribution in [0.5, 0.6) is 0 Å². The summed E-state index contributed by atoms with van der Waals surface area (Å²) in [6.45, 7) is 1.67. The van der Waals surface area contributed by atoms with Gasteiger partial charge in [-0.3, -0.25) is 0 Å². The van der Waals surface area contributed by atoms with Crippen LogP contribution in [0.15, 0.2) is 0 Å². The lowest BCUT2D eigenvalue weighted by Crippen LogP contribution is -2.49. The summed E-state index contributed by atoms with van der Waals surface area (Å²) in [6, 6.07) is 0. The first-order chi connectivity index (χ1) is 4.85. The third kappa shape index (κ3) is 1.08. The maximum absolute atomic E-state index is 5.80. The van der Waals surface area contributed by atoms with E-state index < -0.39 is 0 Å². The van der Waals surface area contributed by atoms with Crippen LogP contribution in [-0.2, 0) is 9.47 Å². The van der Waals surface area contributed by atoms with Crippen LogP contribution in [0, 0.1) is 0 Å². The van der Waals surface area contributed by atoms with Gasteiger partial charge in [-0.15, -0.1) is 0 Å². The summed E-state index contributed by atoms with van der Waals surface area (Å²) in [7, 11) is 0. The number of hydrogen-bond acceptors (Lipinski definition) is 2. The van der Waals surface area contributed by atoms with Crippen LogP contribution in [0.3, 0.4) is 0 Å². The monoisotopic (exact) mass is 254 g/mol. The molecule has 2 rings (SSSR count). The Kier molecular flexibility index (Phi) is 1.90. The molecule has 2 aliphatic rings. The Morgan fingerprint density at radius 2 is 2.30 bits per heavy atom. The van der Waals surface area contributed by atoms with Crippen LogP contribution in [0.1, 0.15) is 12.8 Å². The van der Waals surface area contributed by atoms with Gasteiger partial charge in [0, 0.05) is 4.43 Å². The predicted octanol–water partition coefficient (Wildman–Crippen LogP) is 1.37. The summed E-state index contributed by atoms with van der Waals surface area (Å²) in [5, 5.41) is 0. The molecule has 1 atom stereocenters. The molecule has 0 N–H and O–H groups in total. The highest BCUT2D eigenvalue weighted by Gasteiger charge is 2.45. The maximum atomic E-state index is 5.80. The summed E-state index contributed by atoms with van der Waals surface area (Å²) >= 11 is 2.38. The van der Waals surface area contributed by atoms with Crippen molar-refractivity contribution in [1.29, 1.82) is 0 Å². The molecule has 2 heterocycles. The molecule has 0 bridgehead atoms. The second-order valence-electron chi connectivity index (χ2n) is 3.11. The van der Waals surface area contributed by atoms with Gasteiger partial charge in [-0.05, 0) is 12.8 Å². The highest BCUT2D eigenvalue weighted by molar-refractivity contribution is 14.1. The van der Waals surface area contributed by atoms with Crippen molar-refractivity contribution in [3.8, 4) is 0 Å². The van der Waals surface area contributed by atoms with Crippen LogP contribution < -0.4 is 0 Å². The number of halogens is 1. The Morgan fingerprint density at radius 1 is 1.50 bits per heavy atom. The van der Waals surface area contributed by atoms with Crippen molar-refractivity contribution in [3.05, 3.63) is 0 Å². The SMILES string of the molecule is ICC1CCC2(COC2)O1. The number of ether oxygens (including phenoxy) is 2. The second kappa shape index (κ2) is 2.60.